The average molecular weight is 365 g/mol. The minimum Gasteiger partial charge on any atom is -0.481 e. The Morgan fingerprint density at radius 3 is 2.72 bits per heavy atom. The second-order valence-corrected chi connectivity index (χ2v) is 6.44. The van der Waals surface area contributed by atoms with Gasteiger partial charge in [-0.25, -0.2) is 0 Å². The number of carboxylic acid groups (broad SMARTS) is 1. The molecule has 8 heteroatoms. The number of halogens is 1. The van der Waals surface area contributed by atoms with Gasteiger partial charge in [0.15, 0.2) is 0 Å². The van der Waals surface area contributed by atoms with E-state index in [4.69, 9.17) is 26.0 Å². The average Bonchev–Trinajstić information content (AvgIpc) is 3.05. The molecule has 0 bridgehead atoms. The molecule has 2 aromatic rings. The van der Waals surface area contributed by atoms with Crippen molar-refractivity contribution in [3.05, 3.63) is 41.1 Å². The lowest BCUT2D eigenvalue weighted by molar-refractivity contribution is -0.139. The Kier molecular flexibility index (Phi) is 5.06. The molecule has 2 heterocycles. The van der Waals surface area contributed by atoms with Crippen LogP contribution in [0, 0.1) is 0 Å². The highest BCUT2D eigenvalue weighted by Gasteiger charge is 2.37. The minimum absolute atomic E-state index is 0.0197. The number of rotatable bonds is 5. The van der Waals surface area contributed by atoms with Crippen molar-refractivity contribution in [2.75, 3.05) is 13.2 Å². The number of hydrogen-bond acceptors (Lipinski definition) is 5. The summed E-state index contributed by atoms with van der Waals surface area (Å²) in [5.41, 5.74) is 0.359. The number of benzene rings is 1. The zero-order chi connectivity index (χ0) is 17.9. The van der Waals surface area contributed by atoms with Crippen LogP contribution in [0.3, 0.4) is 0 Å². The summed E-state index contributed by atoms with van der Waals surface area (Å²) in [6.45, 7) is 0.801. The van der Waals surface area contributed by atoms with Crippen molar-refractivity contribution < 1.29 is 24.0 Å². The van der Waals surface area contributed by atoms with Crippen molar-refractivity contribution in [1.29, 1.82) is 0 Å². The van der Waals surface area contributed by atoms with Gasteiger partial charge >= 0.3 is 5.97 Å². The van der Waals surface area contributed by atoms with E-state index in [2.05, 4.69) is 10.5 Å². The van der Waals surface area contributed by atoms with Crippen LogP contribution in [0.4, 0.5) is 0 Å². The maximum absolute atomic E-state index is 12.5. The summed E-state index contributed by atoms with van der Waals surface area (Å²) in [5.74, 6) is -1.45. The lowest BCUT2D eigenvalue weighted by Crippen LogP contribution is -2.53. The predicted octanol–water partition coefficient (Wildman–Crippen LogP) is 2.75. The third-order valence-electron chi connectivity index (χ3n) is 4.17. The van der Waals surface area contributed by atoms with Crippen LogP contribution < -0.4 is 5.32 Å². The van der Waals surface area contributed by atoms with Gasteiger partial charge in [0.2, 0.25) is 5.76 Å². The quantitative estimate of drug-likeness (QED) is 0.845. The molecule has 1 aromatic carbocycles. The summed E-state index contributed by atoms with van der Waals surface area (Å²) in [7, 11) is 0. The molecule has 0 unspecified atom stereocenters. The van der Waals surface area contributed by atoms with Crippen LogP contribution in [0.5, 0.6) is 0 Å². The standard InChI is InChI=1S/C17H17ClN2O5/c18-12-3-1-2-11(8-12)13-9-14(25-20-13)16(23)19-17(10-15(21)22)4-6-24-7-5-17/h1-3,8-9H,4-7,10H2,(H,19,23)(H,21,22). The normalized spacial score (nSPS) is 16.4. The highest BCUT2D eigenvalue weighted by atomic mass is 35.5. The first-order valence-corrected chi connectivity index (χ1v) is 8.20. The number of ether oxygens (including phenoxy) is 1. The van der Waals surface area contributed by atoms with Gasteiger partial charge in [-0.15, -0.1) is 0 Å². The summed E-state index contributed by atoms with van der Waals surface area (Å²) in [5, 5.41) is 16.4. The molecule has 1 fully saturated rings. The fraction of sp³-hybridized carbons (Fsp3) is 0.353. The summed E-state index contributed by atoms with van der Waals surface area (Å²) < 4.78 is 10.4. The van der Waals surface area contributed by atoms with Crippen LogP contribution in [0.15, 0.2) is 34.9 Å². The van der Waals surface area contributed by atoms with Gasteiger partial charge in [0, 0.05) is 29.9 Å². The zero-order valence-corrected chi connectivity index (χ0v) is 14.1. The summed E-state index contributed by atoms with van der Waals surface area (Å²) in [6.07, 6.45) is 0.693. The molecule has 0 radical (unpaired) electrons. The first kappa shape index (κ1) is 17.4. The highest BCUT2D eigenvalue weighted by molar-refractivity contribution is 6.30. The van der Waals surface area contributed by atoms with Crippen molar-refractivity contribution in [3.63, 3.8) is 0 Å². The van der Waals surface area contributed by atoms with Crippen molar-refractivity contribution >= 4 is 23.5 Å². The van der Waals surface area contributed by atoms with E-state index in [1.807, 2.05) is 0 Å². The van der Waals surface area contributed by atoms with E-state index in [0.29, 0.717) is 36.8 Å². The number of carboxylic acids is 1. The van der Waals surface area contributed by atoms with Gasteiger partial charge in [0.25, 0.3) is 5.91 Å². The van der Waals surface area contributed by atoms with Crippen molar-refractivity contribution in [1.82, 2.24) is 10.5 Å². The van der Waals surface area contributed by atoms with Crippen molar-refractivity contribution in [2.24, 2.45) is 0 Å². The lowest BCUT2D eigenvalue weighted by atomic mass is 9.86. The number of carbonyl (C=O) groups excluding carboxylic acids is 1. The smallest absolute Gasteiger partial charge is 0.305 e. The van der Waals surface area contributed by atoms with Crippen LogP contribution in [0.25, 0.3) is 11.3 Å². The highest BCUT2D eigenvalue weighted by Crippen LogP contribution is 2.26. The second kappa shape index (κ2) is 7.25. The summed E-state index contributed by atoms with van der Waals surface area (Å²) >= 11 is 5.95. The molecule has 1 aliphatic heterocycles. The lowest BCUT2D eigenvalue weighted by Gasteiger charge is -2.36. The molecule has 1 amide bonds. The first-order valence-electron chi connectivity index (χ1n) is 7.82. The van der Waals surface area contributed by atoms with E-state index in [1.165, 1.54) is 6.07 Å². The minimum atomic E-state index is -0.973. The van der Waals surface area contributed by atoms with Crippen molar-refractivity contribution in [3.8, 4) is 11.3 Å². The molecular formula is C17H17ClN2O5. The maximum Gasteiger partial charge on any atom is 0.305 e. The molecule has 1 saturated heterocycles. The molecule has 0 saturated carbocycles. The van der Waals surface area contributed by atoms with Crippen LogP contribution in [-0.2, 0) is 9.53 Å². The third kappa shape index (κ3) is 4.18. The van der Waals surface area contributed by atoms with Crippen LogP contribution in [-0.4, -0.2) is 40.9 Å². The fourth-order valence-electron chi connectivity index (χ4n) is 2.87. The number of hydrogen-bond donors (Lipinski definition) is 2. The van der Waals surface area contributed by atoms with E-state index < -0.39 is 17.4 Å². The molecule has 2 N–H and O–H groups in total. The van der Waals surface area contributed by atoms with Gasteiger partial charge in [-0.2, -0.15) is 0 Å². The van der Waals surface area contributed by atoms with Crippen LogP contribution in [0.1, 0.15) is 29.8 Å². The maximum atomic E-state index is 12.5. The van der Waals surface area contributed by atoms with E-state index in [1.54, 1.807) is 24.3 Å². The van der Waals surface area contributed by atoms with Gasteiger partial charge in [-0.1, -0.05) is 28.9 Å². The predicted molar refractivity (Wildman–Crippen MR) is 89.5 cm³/mol. The molecule has 1 aromatic heterocycles. The Balaban J connectivity index is 1.77. The Bertz CT molecular complexity index is 783. The number of aromatic nitrogens is 1. The topological polar surface area (TPSA) is 102 Å². The van der Waals surface area contributed by atoms with Gasteiger partial charge in [0.1, 0.15) is 5.69 Å². The Labute approximate surface area is 148 Å². The number of aliphatic carboxylic acids is 1. The second-order valence-electron chi connectivity index (χ2n) is 6.00. The molecule has 0 aliphatic carbocycles. The molecule has 7 nitrogen and oxygen atoms in total. The van der Waals surface area contributed by atoms with E-state index >= 15 is 0 Å². The molecule has 3 rings (SSSR count). The number of amides is 1. The summed E-state index contributed by atoms with van der Waals surface area (Å²) in [4.78, 5) is 23.7. The van der Waals surface area contributed by atoms with Crippen LogP contribution >= 0.6 is 11.6 Å². The molecular weight excluding hydrogens is 348 g/mol. The van der Waals surface area contributed by atoms with Gasteiger partial charge in [-0.3, -0.25) is 9.59 Å². The fourth-order valence-corrected chi connectivity index (χ4v) is 3.06. The molecule has 1 aliphatic rings. The largest absolute Gasteiger partial charge is 0.481 e. The van der Waals surface area contributed by atoms with Gasteiger partial charge in [0.05, 0.1) is 12.0 Å². The molecule has 132 valence electrons. The molecule has 0 atom stereocenters. The number of nitrogens with zero attached hydrogens (tertiary/aromatic N) is 1. The van der Waals surface area contributed by atoms with E-state index in [0.717, 1.165) is 5.56 Å². The van der Waals surface area contributed by atoms with E-state index in [9.17, 15) is 9.59 Å². The van der Waals surface area contributed by atoms with E-state index in [-0.39, 0.29) is 12.2 Å². The number of nitrogens with one attached hydrogen (secondary N) is 1. The zero-order valence-electron chi connectivity index (χ0n) is 13.3. The van der Waals surface area contributed by atoms with Crippen LogP contribution in [0.2, 0.25) is 5.02 Å². The number of carbonyl (C=O) groups is 2. The molecule has 0 spiro atoms. The molecule has 25 heavy (non-hydrogen) atoms. The Hall–Kier alpha value is -2.38. The third-order valence-corrected chi connectivity index (χ3v) is 4.41. The first-order chi connectivity index (χ1) is 12.0. The Morgan fingerprint density at radius 2 is 2.04 bits per heavy atom. The monoisotopic (exact) mass is 364 g/mol. The SMILES string of the molecule is O=C(O)CC1(NC(=O)c2cc(-c3cccc(Cl)c3)no2)CCOCC1. The summed E-state index contributed by atoms with van der Waals surface area (Å²) in [6, 6.07) is 8.53. The van der Waals surface area contributed by atoms with Gasteiger partial charge in [-0.05, 0) is 25.0 Å². The Morgan fingerprint density at radius 1 is 1.28 bits per heavy atom. The van der Waals surface area contributed by atoms with Gasteiger partial charge < -0.3 is 19.7 Å². The van der Waals surface area contributed by atoms with Crippen molar-refractivity contribution in [2.45, 2.75) is 24.8 Å².